The predicted molar refractivity (Wildman–Crippen MR) is 125 cm³/mol. The molecule has 0 aliphatic heterocycles. The molecule has 0 saturated heterocycles. The Kier molecular flexibility index (Phi) is 11.7. The third-order valence-electron chi connectivity index (χ3n) is 4.87. The van der Waals surface area contributed by atoms with Crippen molar-refractivity contribution < 1.29 is 38.5 Å². The van der Waals surface area contributed by atoms with Gasteiger partial charge in [0, 0.05) is 32.1 Å². The van der Waals surface area contributed by atoms with Gasteiger partial charge in [-0.05, 0) is 43.4 Å². The van der Waals surface area contributed by atoms with E-state index in [2.05, 4.69) is 0 Å². The van der Waals surface area contributed by atoms with E-state index in [0.717, 1.165) is 0 Å². The van der Waals surface area contributed by atoms with Crippen LogP contribution in [0.3, 0.4) is 0 Å². The summed E-state index contributed by atoms with van der Waals surface area (Å²) >= 11 is 0. The van der Waals surface area contributed by atoms with Crippen LogP contribution in [0.15, 0.2) is 18.2 Å². The normalized spacial score (nSPS) is 13.6. The van der Waals surface area contributed by atoms with E-state index in [1.54, 1.807) is 13.0 Å². The van der Waals surface area contributed by atoms with Crippen LogP contribution in [0.25, 0.3) is 0 Å². The second-order valence-corrected chi connectivity index (χ2v) is 8.97. The highest BCUT2D eigenvalue weighted by molar-refractivity contribution is 5.80. The average molecular weight is 480 g/mol. The summed E-state index contributed by atoms with van der Waals surface area (Å²) in [5.74, 6) is -2.46. The summed E-state index contributed by atoms with van der Waals surface area (Å²) in [5.41, 5.74) is 4.94. The standard InChI is InChI=1S/C25H37NO8/c1-6-8-21(27)33-19-11-10-18(13-20(19)34-22(28)9-7-2)15-25(26,24(30)31)14-17(5)32-23(29)12-16(3)4/h10-11,13,16-17H,6-9,12,14-15,26H2,1-5H3,(H,30,31)/t17-,25?/m0/s1. The largest absolute Gasteiger partial charge is 0.480 e. The number of carboxylic acid groups (broad SMARTS) is 1. The third kappa shape index (κ3) is 9.91. The molecule has 0 saturated carbocycles. The quantitative estimate of drug-likeness (QED) is 0.301. The molecule has 0 spiro atoms. The Hall–Kier alpha value is -2.94. The van der Waals surface area contributed by atoms with Crippen LogP contribution in [0.1, 0.15) is 78.7 Å². The van der Waals surface area contributed by atoms with Gasteiger partial charge in [-0.15, -0.1) is 0 Å². The molecule has 2 atom stereocenters. The fraction of sp³-hybridized carbons (Fsp3) is 0.600. The number of esters is 3. The molecule has 0 aliphatic carbocycles. The molecule has 1 aromatic carbocycles. The van der Waals surface area contributed by atoms with Gasteiger partial charge >= 0.3 is 23.9 Å². The number of carbonyl (C=O) groups is 4. The Morgan fingerprint density at radius 2 is 1.50 bits per heavy atom. The minimum absolute atomic E-state index is 0.0181. The first-order valence-corrected chi connectivity index (χ1v) is 11.7. The minimum atomic E-state index is -1.75. The summed E-state index contributed by atoms with van der Waals surface area (Å²) in [7, 11) is 0. The van der Waals surface area contributed by atoms with Gasteiger partial charge in [-0.25, -0.2) is 0 Å². The lowest BCUT2D eigenvalue weighted by atomic mass is 9.86. The maximum atomic E-state index is 12.1. The number of carboxylic acids is 1. The van der Waals surface area contributed by atoms with Gasteiger partial charge in [0.15, 0.2) is 11.5 Å². The molecule has 0 aliphatic rings. The number of rotatable bonds is 14. The average Bonchev–Trinajstić information content (AvgIpc) is 2.69. The molecule has 0 bridgehead atoms. The van der Waals surface area contributed by atoms with Gasteiger partial charge in [0.05, 0.1) is 0 Å². The first-order valence-electron chi connectivity index (χ1n) is 11.7. The van der Waals surface area contributed by atoms with Crippen LogP contribution in [0.2, 0.25) is 0 Å². The minimum Gasteiger partial charge on any atom is -0.480 e. The van der Waals surface area contributed by atoms with Crippen molar-refractivity contribution in [3.8, 4) is 11.5 Å². The van der Waals surface area contributed by atoms with E-state index in [-0.39, 0.29) is 49.5 Å². The summed E-state index contributed by atoms with van der Waals surface area (Å²) in [6, 6.07) is 4.46. The molecular weight excluding hydrogens is 442 g/mol. The lowest BCUT2D eigenvalue weighted by molar-refractivity contribution is -0.154. The van der Waals surface area contributed by atoms with Crippen molar-refractivity contribution >= 4 is 23.9 Å². The predicted octanol–water partition coefficient (Wildman–Crippen LogP) is 3.79. The monoisotopic (exact) mass is 479 g/mol. The molecule has 3 N–H and O–H groups in total. The Morgan fingerprint density at radius 1 is 0.941 bits per heavy atom. The summed E-state index contributed by atoms with van der Waals surface area (Å²) in [5, 5.41) is 9.82. The van der Waals surface area contributed by atoms with Crippen molar-refractivity contribution in [2.45, 2.75) is 91.2 Å². The van der Waals surface area contributed by atoms with E-state index in [1.807, 2.05) is 27.7 Å². The zero-order chi connectivity index (χ0) is 25.9. The van der Waals surface area contributed by atoms with Gasteiger partial charge < -0.3 is 25.1 Å². The summed E-state index contributed by atoms with van der Waals surface area (Å²) < 4.78 is 16.0. The maximum absolute atomic E-state index is 12.1. The molecule has 1 rings (SSSR count). The number of hydrogen-bond acceptors (Lipinski definition) is 8. The van der Waals surface area contributed by atoms with E-state index in [1.165, 1.54) is 12.1 Å². The van der Waals surface area contributed by atoms with E-state index in [0.29, 0.717) is 18.4 Å². The molecule has 34 heavy (non-hydrogen) atoms. The van der Waals surface area contributed by atoms with E-state index >= 15 is 0 Å². The fourth-order valence-electron chi connectivity index (χ4n) is 3.34. The molecule has 0 amide bonds. The molecule has 1 aromatic rings. The van der Waals surface area contributed by atoms with Crippen LogP contribution in [0, 0.1) is 5.92 Å². The van der Waals surface area contributed by atoms with Crippen LogP contribution in [-0.2, 0) is 30.3 Å². The van der Waals surface area contributed by atoms with Gasteiger partial charge in [0.1, 0.15) is 11.6 Å². The Morgan fingerprint density at radius 3 is 2.00 bits per heavy atom. The zero-order valence-electron chi connectivity index (χ0n) is 20.7. The van der Waals surface area contributed by atoms with Crippen LogP contribution in [0.4, 0.5) is 0 Å². The maximum Gasteiger partial charge on any atom is 0.324 e. The van der Waals surface area contributed by atoms with Gasteiger partial charge in [-0.2, -0.15) is 0 Å². The van der Waals surface area contributed by atoms with E-state index in [9.17, 15) is 24.3 Å². The molecule has 0 radical (unpaired) electrons. The fourth-order valence-corrected chi connectivity index (χ4v) is 3.34. The smallest absolute Gasteiger partial charge is 0.324 e. The number of ether oxygens (including phenoxy) is 3. The third-order valence-corrected chi connectivity index (χ3v) is 4.87. The molecule has 1 unspecified atom stereocenters. The van der Waals surface area contributed by atoms with Gasteiger partial charge in [0.2, 0.25) is 0 Å². The van der Waals surface area contributed by atoms with Crippen LogP contribution in [-0.4, -0.2) is 40.6 Å². The van der Waals surface area contributed by atoms with Crippen molar-refractivity contribution in [1.29, 1.82) is 0 Å². The van der Waals surface area contributed by atoms with Crippen molar-refractivity contribution in [3.05, 3.63) is 23.8 Å². The summed E-state index contributed by atoms with van der Waals surface area (Å²) in [6.07, 6.45) is 0.783. The molecule has 9 heteroatoms. The summed E-state index contributed by atoms with van der Waals surface area (Å²) in [4.78, 5) is 48.0. The molecular formula is C25H37NO8. The molecule has 0 fully saturated rings. The number of benzene rings is 1. The Balaban J connectivity index is 3.12. The number of nitrogens with two attached hydrogens (primary N) is 1. The lowest BCUT2D eigenvalue weighted by Crippen LogP contribution is -2.52. The molecule has 0 aromatic heterocycles. The van der Waals surface area contributed by atoms with Crippen LogP contribution < -0.4 is 15.2 Å². The SMILES string of the molecule is CCCC(=O)Oc1ccc(CC(N)(C[C@H](C)OC(=O)CC(C)C)C(=O)O)cc1OC(=O)CCC. The topological polar surface area (TPSA) is 142 Å². The molecule has 190 valence electrons. The van der Waals surface area contributed by atoms with Gasteiger partial charge in [-0.1, -0.05) is 33.8 Å². The molecule has 9 nitrogen and oxygen atoms in total. The van der Waals surface area contributed by atoms with Crippen molar-refractivity contribution in [3.63, 3.8) is 0 Å². The highest BCUT2D eigenvalue weighted by Crippen LogP contribution is 2.31. The first-order chi connectivity index (χ1) is 15.9. The second-order valence-electron chi connectivity index (χ2n) is 8.97. The molecule has 0 heterocycles. The zero-order valence-corrected chi connectivity index (χ0v) is 20.7. The number of hydrogen-bond donors (Lipinski definition) is 2. The number of carbonyl (C=O) groups excluding carboxylic acids is 3. The van der Waals surface area contributed by atoms with Crippen molar-refractivity contribution in [2.24, 2.45) is 11.7 Å². The first kappa shape index (κ1) is 29.1. The van der Waals surface area contributed by atoms with Crippen LogP contribution >= 0.6 is 0 Å². The van der Waals surface area contributed by atoms with E-state index < -0.39 is 35.5 Å². The number of aliphatic carboxylic acids is 1. The summed E-state index contributed by atoms with van der Waals surface area (Å²) in [6.45, 7) is 9.01. The van der Waals surface area contributed by atoms with E-state index in [4.69, 9.17) is 19.9 Å². The van der Waals surface area contributed by atoms with Gasteiger partial charge in [-0.3, -0.25) is 19.2 Å². The van der Waals surface area contributed by atoms with Gasteiger partial charge in [0.25, 0.3) is 0 Å². The Labute approximate surface area is 200 Å². The lowest BCUT2D eigenvalue weighted by Gasteiger charge is -2.28. The van der Waals surface area contributed by atoms with Crippen molar-refractivity contribution in [1.82, 2.24) is 0 Å². The highest BCUT2D eigenvalue weighted by Gasteiger charge is 2.37. The highest BCUT2D eigenvalue weighted by atomic mass is 16.6. The van der Waals surface area contributed by atoms with Crippen LogP contribution in [0.5, 0.6) is 11.5 Å². The second kappa shape index (κ2) is 13.7. The van der Waals surface area contributed by atoms with Crippen molar-refractivity contribution in [2.75, 3.05) is 0 Å². The Bertz CT molecular complexity index is 866.